The number of ether oxygens (including phenoxy) is 1. The maximum Gasteiger partial charge on any atom is 0.360 e. The molecule has 0 spiro atoms. The van der Waals surface area contributed by atoms with Crippen LogP contribution in [0.3, 0.4) is 0 Å². The first-order chi connectivity index (χ1) is 12.4. The fourth-order valence-corrected chi connectivity index (χ4v) is 2.63. The summed E-state index contributed by atoms with van der Waals surface area (Å²) in [5, 5.41) is 15.7. The van der Waals surface area contributed by atoms with Crippen LogP contribution in [0.1, 0.15) is 29.1 Å². The molecule has 1 heterocycles. The van der Waals surface area contributed by atoms with Crippen LogP contribution < -0.4 is 5.56 Å². The summed E-state index contributed by atoms with van der Waals surface area (Å²) in [5.41, 5.74) is 0.0987. The topological polar surface area (TPSA) is 104 Å². The summed E-state index contributed by atoms with van der Waals surface area (Å²) in [7, 11) is 1.45. The highest BCUT2D eigenvalue weighted by molar-refractivity contribution is 6.02. The Labute approximate surface area is 147 Å². The van der Waals surface area contributed by atoms with Crippen LogP contribution in [0.4, 0.5) is 5.69 Å². The molecule has 0 unspecified atom stereocenters. The minimum Gasteiger partial charge on any atom is -0.453 e. The second-order valence-corrected chi connectivity index (χ2v) is 5.72. The lowest BCUT2D eigenvalue weighted by atomic mass is 10.1. The van der Waals surface area contributed by atoms with E-state index in [0.717, 1.165) is 4.68 Å². The molecule has 0 bridgehead atoms. The number of aromatic nitrogens is 2. The van der Waals surface area contributed by atoms with Crippen LogP contribution in [0, 0.1) is 10.1 Å². The number of carbonyl (C=O) groups excluding carboxylic acids is 1. The van der Waals surface area contributed by atoms with Crippen molar-refractivity contribution in [2.24, 2.45) is 7.05 Å². The fourth-order valence-electron chi connectivity index (χ4n) is 2.63. The number of nitro groups is 1. The summed E-state index contributed by atoms with van der Waals surface area (Å²) < 4.78 is 6.50. The molecule has 0 amide bonds. The van der Waals surface area contributed by atoms with Crippen LogP contribution in [-0.2, 0) is 11.8 Å². The van der Waals surface area contributed by atoms with E-state index in [-0.39, 0.29) is 16.9 Å². The van der Waals surface area contributed by atoms with Crippen molar-refractivity contribution in [2.75, 3.05) is 0 Å². The second kappa shape index (κ2) is 6.75. The average molecular weight is 353 g/mol. The van der Waals surface area contributed by atoms with Crippen molar-refractivity contribution in [1.29, 1.82) is 0 Å². The first-order valence-electron chi connectivity index (χ1n) is 7.80. The standard InChI is InChI=1S/C18H15N3O5/c1-11(12-6-5-7-13(10-12)21(24)25)26-18(23)16-14-8-3-4-9-15(14)17(22)20(2)19-16/h3-11H,1-2H3/t11-/m0/s1. The van der Waals surface area contributed by atoms with E-state index in [9.17, 15) is 19.7 Å². The number of hydrogen-bond acceptors (Lipinski definition) is 6. The third-order valence-electron chi connectivity index (χ3n) is 3.98. The zero-order valence-corrected chi connectivity index (χ0v) is 14.1. The molecule has 0 aliphatic rings. The Morgan fingerprint density at radius 3 is 2.58 bits per heavy atom. The van der Waals surface area contributed by atoms with Gasteiger partial charge in [-0.3, -0.25) is 14.9 Å². The average Bonchev–Trinajstić information content (AvgIpc) is 2.64. The van der Waals surface area contributed by atoms with Gasteiger partial charge in [0.1, 0.15) is 6.10 Å². The number of nitro benzene ring substituents is 1. The van der Waals surface area contributed by atoms with Gasteiger partial charge in [-0.15, -0.1) is 0 Å². The van der Waals surface area contributed by atoms with Crippen LogP contribution >= 0.6 is 0 Å². The van der Waals surface area contributed by atoms with Crippen molar-refractivity contribution in [2.45, 2.75) is 13.0 Å². The van der Waals surface area contributed by atoms with Crippen molar-refractivity contribution in [1.82, 2.24) is 9.78 Å². The molecular weight excluding hydrogens is 338 g/mol. The van der Waals surface area contributed by atoms with Gasteiger partial charge >= 0.3 is 5.97 Å². The van der Waals surface area contributed by atoms with Gasteiger partial charge in [-0.2, -0.15) is 5.10 Å². The lowest BCUT2D eigenvalue weighted by Crippen LogP contribution is -2.24. The molecule has 0 N–H and O–H groups in total. The monoisotopic (exact) mass is 353 g/mol. The van der Waals surface area contributed by atoms with Crippen molar-refractivity contribution in [3.63, 3.8) is 0 Å². The summed E-state index contributed by atoms with van der Waals surface area (Å²) >= 11 is 0. The zero-order chi connectivity index (χ0) is 18.8. The Hall–Kier alpha value is -3.55. The van der Waals surface area contributed by atoms with Gasteiger partial charge in [0.15, 0.2) is 5.69 Å². The second-order valence-electron chi connectivity index (χ2n) is 5.72. The molecule has 132 valence electrons. The number of nitrogens with zero attached hydrogens (tertiary/aromatic N) is 3. The Bertz CT molecular complexity index is 1070. The highest BCUT2D eigenvalue weighted by Crippen LogP contribution is 2.23. The first kappa shape index (κ1) is 17.3. The molecule has 8 nitrogen and oxygen atoms in total. The van der Waals surface area contributed by atoms with Crippen molar-refractivity contribution >= 4 is 22.4 Å². The summed E-state index contributed by atoms with van der Waals surface area (Å²) in [5.74, 6) is -0.712. The Kier molecular flexibility index (Phi) is 4.49. The number of esters is 1. The van der Waals surface area contributed by atoms with Gasteiger partial charge in [0, 0.05) is 24.6 Å². The molecule has 3 rings (SSSR count). The molecular formula is C18H15N3O5. The fraction of sp³-hybridized carbons (Fsp3) is 0.167. The molecule has 0 aliphatic heterocycles. The van der Waals surface area contributed by atoms with Gasteiger partial charge in [-0.1, -0.05) is 30.3 Å². The van der Waals surface area contributed by atoms with E-state index in [1.54, 1.807) is 37.3 Å². The van der Waals surface area contributed by atoms with Gasteiger partial charge in [0.25, 0.3) is 11.2 Å². The minimum absolute atomic E-state index is 0.0139. The number of hydrogen-bond donors (Lipinski definition) is 0. The quantitative estimate of drug-likeness (QED) is 0.406. The number of non-ortho nitro benzene ring substituents is 1. The van der Waals surface area contributed by atoms with E-state index in [1.807, 2.05) is 0 Å². The largest absolute Gasteiger partial charge is 0.453 e. The third kappa shape index (κ3) is 3.16. The highest BCUT2D eigenvalue weighted by Gasteiger charge is 2.21. The smallest absolute Gasteiger partial charge is 0.360 e. The molecule has 2 aromatic carbocycles. The van der Waals surface area contributed by atoms with Crippen LogP contribution in [0.25, 0.3) is 10.8 Å². The summed E-state index contributed by atoms with van der Waals surface area (Å²) in [6.07, 6.45) is -0.722. The molecule has 0 saturated carbocycles. The number of aryl methyl sites for hydroxylation is 1. The van der Waals surface area contributed by atoms with Crippen molar-refractivity contribution in [3.8, 4) is 0 Å². The first-order valence-corrected chi connectivity index (χ1v) is 7.80. The normalized spacial score (nSPS) is 11.9. The lowest BCUT2D eigenvalue weighted by Gasteiger charge is -2.14. The number of carbonyl (C=O) groups is 1. The number of rotatable bonds is 4. The van der Waals surface area contributed by atoms with E-state index >= 15 is 0 Å². The Balaban J connectivity index is 1.95. The number of benzene rings is 2. The summed E-state index contributed by atoms with van der Waals surface area (Å²) in [6.45, 7) is 1.61. The van der Waals surface area contributed by atoms with E-state index in [4.69, 9.17) is 4.74 Å². The maximum absolute atomic E-state index is 12.6. The molecule has 1 aromatic heterocycles. The molecule has 8 heteroatoms. The van der Waals surface area contributed by atoms with Crippen molar-refractivity contribution < 1.29 is 14.5 Å². The Morgan fingerprint density at radius 1 is 1.19 bits per heavy atom. The van der Waals surface area contributed by atoms with Gasteiger partial charge in [-0.25, -0.2) is 9.48 Å². The van der Waals surface area contributed by atoms with E-state index in [2.05, 4.69) is 5.10 Å². The lowest BCUT2D eigenvalue weighted by molar-refractivity contribution is -0.385. The maximum atomic E-state index is 12.6. The van der Waals surface area contributed by atoms with Gasteiger partial charge in [-0.05, 0) is 18.6 Å². The van der Waals surface area contributed by atoms with Crippen LogP contribution in [0.15, 0.2) is 53.3 Å². The third-order valence-corrected chi connectivity index (χ3v) is 3.98. The molecule has 1 atom stereocenters. The molecule has 0 saturated heterocycles. The van der Waals surface area contributed by atoms with Crippen LogP contribution in [0.5, 0.6) is 0 Å². The molecule has 0 radical (unpaired) electrons. The minimum atomic E-state index is -0.722. The summed E-state index contributed by atoms with van der Waals surface area (Å²) in [4.78, 5) is 35.1. The Morgan fingerprint density at radius 2 is 1.88 bits per heavy atom. The number of fused-ring (bicyclic) bond motifs is 1. The molecule has 3 aromatic rings. The highest BCUT2D eigenvalue weighted by atomic mass is 16.6. The predicted molar refractivity (Wildman–Crippen MR) is 93.9 cm³/mol. The molecule has 0 aliphatic carbocycles. The molecule has 0 fully saturated rings. The molecule has 26 heavy (non-hydrogen) atoms. The van der Waals surface area contributed by atoms with Crippen LogP contribution in [-0.4, -0.2) is 20.7 Å². The van der Waals surface area contributed by atoms with E-state index < -0.39 is 17.0 Å². The van der Waals surface area contributed by atoms with Crippen molar-refractivity contribution in [3.05, 3.63) is 80.3 Å². The van der Waals surface area contributed by atoms with E-state index in [1.165, 1.54) is 25.2 Å². The van der Waals surface area contributed by atoms with Gasteiger partial charge in [0.05, 0.1) is 10.3 Å². The van der Waals surface area contributed by atoms with Crippen LogP contribution in [0.2, 0.25) is 0 Å². The van der Waals surface area contributed by atoms with Gasteiger partial charge < -0.3 is 4.74 Å². The predicted octanol–water partition coefficient (Wildman–Crippen LogP) is 2.76. The van der Waals surface area contributed by atoms with E-state index in [0.29, 0.717) is 16.3 Å². The summed E-state index contributed by atoms with van der Waals surface area (Å²) in [6, 6.07) is 12.5. The SMILES string of the molecule is C[C@H](OC(=O)c1nn(C)c(=O)c2ccccc12)c1cccc([N+](=O)[O-])c1. The zero-order valence-electron chi connectivity index (χ0n) is 14.1. The van der Waals surface area contributed by atoms with Gasteiger partial charge in [0.2, 0.25) is 0 Å².